The summed E-state index contributed by atoms with van der Waals surface area (Å²) < 4.78 is 0. The molecule has 2 unspecified atom stereocenters. The molecule has 0 amide bonds. The van der Waals surface area contributed by atoms with Crippen LogP contribution in [0.5, 0.6) is 0 Å². The third-order valence-corrected chi connectivity index (χ3v) is 5.19. The topological polar surface area (TPSA) is 50.1 Å². The van der Waals surface area contributed by atoms with E-state index in [0.29, 0.717) is 12.1 Å². The normalized spacial score (nSPS) is 19.4. The maximum Gasteiger partial charge on any atom is 0.0195 e. The zero-order chi connectivity index (χ0) is 17.1. The molecule has 1 aliphatic carbocycles. The van der Waals surface area contributed by atoms with Crippen molar-refractivity contribution >= 4 is 0 Å². The Morgan fingerprint density at radius 3 is 2.17 bits per heavy atom. The van der Waals surface area contributed by atoms with Crippen LogP contribution in [0, 0.1) is 17.8 Å². The van der Waals surface area contributed by atoms with E-state index in [1.54, 1.807) is 0 Å². The van der Waals surface area contributed by atoms with Crippen molar-refractivity contribution in [3.8, 4) is 0 Å². The first kappa shape index (κ1) is 20.9. The van der Waals surface area contributed by atoms with E-state index in [2.05, 4.69) is 38.3 Å². The molecule has 0 saturated heterocycles. The van der Waals surface area contributed by atoms with Gasteiger partial charge < -0.3 is 16.4 Å². The van der Waals surface area contributed by atoms with Crippen molar-refractivity contribution in [1.82, 2.24) is 10.6 Å². The van der Waals surface area contributed by atoms with Gasteiger partial charge in [-0.25, -0.2) is 0 Å². The molecule has 1 rings (SSSR count). The Morgan fingerprint density at radius 1 is 0.913 bits per heavy atom. The van der Waals surface area contributed by atoms with Gasteiger partial charge in [-0.05, 0) is 43.6 Å². The van der Waals surface area contributed by atoms with Crippen LogP contribution in [0.2, 0.25) is 0 Å². The molecule has 2 atom stereocenters. The second kappa shape index (κ2) is 12.3. The van der Waals surface area contributed by atoms with Gasteiger partial charge in [0.25, 0.3) is 0 Å². The van der Waals surface area contributed by atoms with Crippen molar-refractivity contribution in [2.75, 3.05) is 19.6 Å². The van der Waals surface area contributed by atoms with Gasteiger partial charge in [-0.15, -0.1) is 0 Å². The summed E-state index contributed by atoms with van der Waals surface area (Å²) in [6.07, 6.45) is 10.9. The van der Waals surface area contributed by atoms with Gasteiger partial charge in [0, 0.05) is 25.2 Å². The quantitative estimate of drug-likeness (QED) is 0.510. The Hall–Kier alpha value is -0.120. The molecule has 0 aromatic rings. The molecule has 0 spiro atoms. The summed E-state index contributed by atoms with van der Waals surface area (Å²) in [6.45, 7) is 12.2. The summed E-state index contributed by atoms with van der Waals surface area (Å²) >= 11 is 0. The van der Waals surface area contributed by atoms with Crippen LogP contribution >= 0.6 is 0 Å². The fraction of sp³-hybridized carbons (Fsp3) is 1.00. The molecule has 0 heterocycles. The first-order valence-corrected chi connectivity index (χ1v) is 10.2. The average molecular weight is 326 g/mol. The van der Waals surface area contributed by atoms with E-state index in [1.807, 2.05) is 0 Å². The molecule has 0 bridgehead atoms. The molecule has 1 saturated carbocycles. The molecule has 1 fully saturated rings. The van der Waals surface area contributed by atoms with Crippen LogP contribution in [0.3, 0.4) is 0 Å². The zero-order valence-corrected chi connectivity index (χ0v) is 16.2. The largest absolute Gasteiger partial charge is 0.329 e. The van der Waals surface area contributed by atoms with Crippen molar-refractivity contribution in [3.63, 3.8) is 0 Å². The SMILES string of the molecule is CC(C)CCNC(CNC(CN)CC1CCCCC1)CC(C)C. The Kier molecular flexibility index (Phi) is 11.2. The molecule has 4 N–H and O–H groups in total. The maximum absolute atomic E-state index is 6.03. The summed E-state index contributed by atoms with van der Waals surface area (Å²) in [5.41, 5.74) is 6.03. The Balaban J connectivity index is 2.33. The van der Waals surface area contributed by atoms with E-state index in [1.165, 1.54) is 51.4 Å². The number of rotatable bonds is 12. The predicted octanol–water partition coefficient (Wildman–Crippen LogP) is 3.92. The molecule has 0 aliphatic heterocycles. The minimum Gasteiger partial charge on any atom is -0.329 e. The molecular formula is C20H43N3. The van der Waals surface area contributed by atoms with Crippen molar-refractivity contribution < 1.29 is 0 Å². The lowest BCUT2D eigenvalue weighted by atomic mass is 9.85. The molecule has 1 aliphatic rings. The zero-order valence-electron chi connectivity index (χ0n) is 16.2. The predicted molar refractivity (Wildman–Crippen MR) is 103 cm³/mol. The first-order chi connectivity index (χ1) is 11.0. The second-order valence-electron chi connectivity index (χ2n) is 8.54. The summed E-state index contributed by atoms with van der Waals surface area (Å²) in [5.74, 6) is 2.42. The van der Waals surface area contributed by atoms with E-state index in [4.69, 9.17) is 5.73 Å². The molecule has 0 radical (unpaired) electrons. The van der Waals surface area contributed by atoms with E-state index in [9.17, 15) is 0 Å². The monoisotopic (exact) mass is 325 g/mol. The third-order valence-electron chi connectivity index (χ3n) is 5.19. The summed E-state index contributed by atoms with van der Waals surface area (Å²) in [7, 11) is 0. The highest BCUT2D eigenvalue weighted by Gasteiger charge is 2.19. The van der Waals surface area contributed by atoms with Crippen molar-refractivity contribution in [2.24, 2.45) is 23.5 Å². The van der Waals surface area contributed by atoms with Crippen LogP contribution in [0.1, 0.15) is 79.1 Å². The Morgan fingerprint density at radius 2 is 1.61 bits per heavy atom. The number of hydrogen-bond acceptors (Lipinski definition) is 3. The van der Waals surface area contributed by atoms with Gasteiger partial charge in [0.15, 0.2) is 0 Å². The highest BCUT2D eigenvalue weighted by molar-refractivity contribution is 4.79. The van der Waals surface area contributed by atoms with Gasteiger partial charge >= 0.3 is 0 Å². The van der Waals surface area contributed by atoms with Crippen molar-refractivity contribution in [1.29, 1.82) is 0 Å². The summed E-state index contributed by atoms with van der Waals surface area (Å²) in [5, 5.41) is 7.53. The molecule has 3 heteroatoms. The fourth-order valence-corrected chi connectivity index (χ4v) is 3.78. The molecular weight excluding hydrogens is 282 g/mol. The summed E-state index contributed by atoms with van der Waals surface area (Å²) in [6, 6.07) is 1.08. The van der Waals surface area contributed by atoms with E-state index in [-0.39, 0.29) is 0 Å². The number of nitrogens with one attached hydrogen (secondary N) is 2. The Labute approximate surface area is 145 Å². The highest BCUT2D eigenvalue weighted by Crippen LogP contribution is 2.27. The highest BCUT2D eigenvalue weighted by atomic mass is 15.0. The van der Waals surface area contributed by atoms with Gasteiger partial charge in [-0.2, -0.15) is 0 Å². The molecule has 3 nitrogen and oxygen atoms in total. The molecule has 138 valence electrons. The Bertz CT molecular complexity index is 272. The van der Waals surface area contributed by atoms with Crippen LogP contribution in [0.25, 0.3) is 0 Å². The lowest BCUT2D eigenvalue weighted by molar-refractivity contribution is 0.289. The smallest absolute Gasteiger partial charge is 0.0195 e. The average Bonchev–Trinajstić information content (AvgIpc) is 2.51. The second-order valence-corrected chi connectivity index (χ2v) is 8.54. The standard InChI is InChI=1S/C20H43N3/c1-16(2)10-11-22-20(12-17(3)4)15-23-19(14-21)13-18-8-6-5-7-9-18/h16-20,22-23H,5-15,21H2,1-4H3. The summed E-state index contributed by atoms with van der Waals surface area (Å²) in [4.78, 5) is 0. The first-order valence-electron chi connectivity index (χ1n) is 10.2. The van der Waals surface area contributed by atoms with Crippen LogP contribution in [-0.2, 0) is 0 Å². The minimum atomic E-state index is 0.500. The van der Waals surface area contributed by atoms with Crippen molar-refractivity contribution in [2.45, 2.75) is 91.1 Å². The van der Waals surface area contributed by atoms with Gasteiger partial charge in [0.2, 0.25) is 0 Å². The maximum atomic E-state index is 6.03. The minimum absolute atomic E-state index is 0.500. The lowest BCUT2D eigenvalue weighted by Gasteiger charge is -2.29. The van der Waals surface area contributed by atoms with E-state index < -0.39 is 0 Å². The van der Waals surface area contributed by atoms with Crippen LogP contribution in [0.4, 0.5) is 0 Å². The third kappa shape index (κ3) is 10.4. The van der Waals surface area contributed by atoms with Crippen molar-refractivity contribution in [3.05, 3.63) is 0 Å². The molecule has 0 aromatic heterocycles. The number of nitrogens with two attached hydrogens (primary N) is 1. The van der Waals surface area contributed by atoms with E-state index >= 15 is 0 Å². The lowest BCUT2D eigenvalue weighted by Crippen LogP contribution is -2.46. The van der Waals surface area contributed by atoms with Gasteiger partial charge in [-0.3, -0.25) is 0 Å². The van der Waals surface area contributed by atoms with Gasteiger partial charge in [0.05, 0.1) is 0 Å². The van der Waals surface area contributed by atoms with Crippen LogP contribution in [0.15, 0.2) is 0 Å². The molecule has 0 aromatic carbocycles. The number of hydrogen-bond donors (Lipinski definition) is 3. The van der Waals surface area contributed by atoms with Gasteiger partial charge in [-0.1, -0.05) is 59.8 Å². The van der Waals surface area contributed by atoms with Gasteiger partial charge in [0.1, 0.15) is 0 Å². The van der Waals surface area contributed by atoms with Crippen LogP contribution in [-0.4, -0.2) is 31.7 Å². The van der Waals surface area contributed by atoms with Crippen LogP contribution < -0.4 is 16.4 Å². The molecule has 23 heavy (non-hydrogen) atoms. The van der Waals surface area contributed by atoms with E-state index in [0.717, 1.165) is 37.4 Å². The fourth-order valence-electron chi connectivity index (χ4n) is 3.78.